The van der Waals surface area contributed by atoms with E-state index in [0.717, 1.165) is 22.8 Å². The topological polar surface area (TPSA) is 43.8 Å². The van der Waals surface area contributed by atoms with Gasteiger partial charge in [-0.05, 0) is 13.3 Å². The quantitative estimate of drug-likeness (QED) is 0.715. The van der Waals surface area contributed by atoms with Crippen molar-refractivity contribution in [2.24, 2.45) is 12.8 Å². The zero-order valence-electron chi connectivity index (χ0n) is 7.21. The van der Waals surface area contributed by atoms with Crippen LogP contribution in [0.5, 0.6) is 0 Å². The summed E-state index contributed by atoms with van der Waals surface area (Å²) < 4.78 is 1.71. The molecular formula is C8H12ClN3. The van der Waals surface area contributed by atoms with Gasteiger partial charge < -0.3 is 5.73 Å². The third-order valence-corrected chi connectivity index (χ3v) is 2.85. The first-order valence-electron chi connectivity index (χ1n) is 4.06. The van der Waals surface area contributed by atoms with Gasteiger partial charge in [-0.3, -0.25) is 4.68 Å². The van der Waals surface area contributed by atoms with Crippen molar-refractivity contribution in [1.29, 1.82) is 0 Å². The van der Waals surface area contributed by atoms with Crippen molar-refractivity contribution in [2.45, 2.75) is 25.3 Å². The smallest absolute Gasteiger partial charge is 0.130 e. The second-order valence-corrected chi connectivity index (χ2v) is 3.78. The minimum Gasteiger partial charge on any atom is -0.327 e. The molecule has 0 radical (unpaired) electrons. The van der Waals surface area contributed by atoms with Gasteiger partial charge in [-0.25, -0.2) is 0 Å². The average Bonchev–Trinajstić information content (AvgIpc) is 2.61. The van der Waals surface area contributed by atoms with Crippen LogP contribution >= 0.6 is 11.6 Å². The zero-order chi connectivity index (χ0) is 8.88. The molecule has 1 aromatic heterocycles. The summed E-state index contributed by atoms with van der Waals surface area (Å²) in [4.78, 5) is 0. The second kappa shape index (κ2) is 2.47. The van der Waals surface area contributed by atoms with E-state index in [9.17, 15) is 0 Å². The first kappa shape index (κ1) is 8.08. The van der Waals surface area contributed by atoms with Crippen molar-refractivity contribution in [3.05, 3.63) is 16.4 Å². The Bertz CT molecular complexity index is 318. The maximum atomic E-state index is 6.06. The molecular weight excluding hydrogens is 174 g/mol. The zero-order valence-corrected chi connectivity index (χ0v) is 7.97. The van der Waals surface area contributed by atoms with Gasteiger partial charge in [0.1, 0.15) is 5.15 Å². The minimum atomic E-state index is 0.297. The Labute approximate surface area is 76.5 Å². The lowest BCUT2D eigenvalue weighted by Crippen LogP contribution is -2.01. The normalized spacial score (nSPS) is 27.7. The fourth-order valence-electron chi connectivity index (χ4n) is 1.61. The molecule has 1 aromatic rings. The Morgan fingerprint density at radius 1 is 1.67 bits per heavy atom. The van der Waals surface area contributed by atoms with Gasteiger partial charge in [0.2, 0.25) is 0 Å². The Kier molecular flexibility index (Phi) is 1.66. The Balaban J connectivity index is 2.42. The van der Waals surface area contributed by atoms with E-state index < -0.39 is 0 Å². The lowest BCUT2D eigenvalue weighted by Gasteiger charge is -1.95. The van der Waals surface area contributed by atoms with E-state index in [4.69, 9.17) is 17.3 Å². The Morgan fingerprint density at radius 3 is 2.58 bits per heavy atom. The van der Waals surface area contributed by atoms with Crippen LogP contribution in [0.15, 0.2) is 0 Å². The fraction of sp³-hybridized carbons (Fsp3) is 0.625. The summed E-state index contributed by atoms with van der Waals surface area (Å²) in [5.74, 6) is 0.450. The predicted octanol–water partition coefficient (Wildman–Crippen LogP) is 1.20. The van der Waals surface area contributed by atoms with E-state index in [1.165, 1.54) is 0 Å². The molecule has 2 atom stereocenters. The number of halogens is 1. The van der Waals surface area contributed by atoms with Gasteiger partial charge in [-0.2, -0.15) is 5.10 Å². The molecule has 0 bridgehead atoms. The van der Waals surface area contributed by atoms with Crippen molar-refractivity contribution in [2.75, 3.05) is 0 Å². The highest BCUT2D eigenvalue weighted by Crippen LogP contribution is 2.43. The molecule has 0 unspecified atom stereocenters. The minimum absolute atomic E-state index is 0.297. The standard InChI is InChI=1S/C8H12ClN3/c1-4-7(5-3-6(5)10)8(9)12(2)11-4/h5-6H,3,10H2,1-2H3/t5-,6-/m1/s1. The van der Waals surface area contributed by atoms with Gasteiger partial charge in [0, 0.05) is 24.6 Å². The molecule has 1 heterocycles. The summed E-state index contributed by atoms with van der Waals surface area (Å²) in [5, 5.41) is 4.98. The molecule has 0 amide bonds. The van der Waals surface area contributed by atoms with Gasteiger partial charge in [-0.1, -0.05) is 11.6 Å². The van der Waals surface area contributed by atoms with Crippen LogP contribution in [0.3, 0.4) is 0 Å². The van der Waals surface area contributed by atoms with Crippen LogP contribution in [0.25, 0.3) is 0 Å². The number of hydrogen-bond acceptors (Lipinski definition) is 2. The highest BCUT2D eigenvalue weighted by Gasteiger charge is 2.38. The van der Waals surface area contributed by atoms with Crippen molar-refractivity contribution < 1.29 is 0 Å². The van der Waals surface area contributed by atoms with Crippen LogP contribution < -0.4 is 5.73 Å². The monoisotopic (exact) mass is 185 g/mol. The predicted molar refractivity (Wildman–Crippen MR) is 48.3 cm³/mol. The third kappa shape index (κ3) is 1.04. The SMILES string of the molecule is Cc1nn(C)c(Cl)c1[C@@H]1C[C@H]1N. The van der Waals surface area contributed by atoms with Crippen LogP contribution in [0.4, 0.5) is 0 Å². The van der Waals surface area contributed by atoms with Gasteiger partial charge in [0.05, 0.1) is 5.69 Å². The number of nitrogens with two attached hydrogens (primary N) is 1. The molecule has 0 aromatic carbocycles. The maximum Gasteiger partial charge on any atom is 0.130 e. The molecule has 1 aliphatic rings. The number of rotatable bonds is 1. The van der Waals surface area contributed by atoms with E-state index in [0.29, 0.717) is 12.0 Å². The fourth-order valence-corrected chi connectivity index (χ4v) is 1.93. The first-order chi connectivity index (χ1) is 5.61. The summed E-state index contributed by atoms with van der Waals surface area (Å²) in [6.07, 6.45) is 1.05. The van der Waals surface area contributed by atoms with E-state index >= 15 is 0 Å². The van der Waals surface area contributed by atoms with Crippen LogP contribution in [0, 0.1) is 6.92 Å². The van der Waals surface area contributed by atoms with E-state index in [2.05, 4.69) is 5.10 Å². The van der Waals surface area contributed by atoms with Crippen molar-refractivity contribution in [3.63, 3.8) is 0 Å². The van der Waals surface area contributed by atoms with Gasteiger partial charge in [-0.15, -0.1) is 0 Å². The van der Waals surface area contributed by atoms with Crippen molar-refractivity contribution in [3.8, 4) is 0 Å². The molecule has 0 aliphatic heterocycles. The molecule has 4 heteroatoms. The molecule has 0 saturated heterocycles. The Hall–Kier alpha value is -0.540. The lowest BCUT2D eigenvalue weighted by molar-refractivity contribution is 0.757. The molecule has 12 heavy (non-hydrogen) atoms. The molecule has 66 valence electrons. The van der Waals surface area contributed by atoms with Gasteiger partial charge >= 0.3 is 0 Å². The lowest BCUT2D eigenvalue weighted by atomic mass is 10.2. The summed E-state index contributed by atoms with van der Waals surface area (Å²) in [6.45, 7) is 1.98. The van der Waals surface area contributed by atoms with Crippen LogP contribution in [-0.4, -0.2) is 15.8 Å². The van der Waals surface area contributed by atoms with E-state index in [1.807, 2.05) is 14.0 Å². The van der Waals surface area contributed by atoms with E-state index in [1.54, 1.807) is 4.68 Å². The molecule has 2 rings (SSSR count). The number of nitrogens with zero attached hydrogens (tertiary/aromatic N) is 2. The number of hydrogen-bond donors (Lipinski definition) is 1. The summed E-state index contributed by atoms with van der Waals surface area (Å²) >= 11 is 6.06. The molecule has 3 nitrogen and oxygen atoms in total. The summed E-state index contributed by atoms with van der Waals surface area (Å²) in [5.41, 5.74) is 7.91. The van der Waals surface area contributed by atoms with Crippen LogP contribution in [-0.2, 0) is 7.05 Å². The molecule has 1 aliphatic carbocycles. The highest BCUT2D eigenvalue weighted by atomic mass is 35.5. The van der Waals surface area contributed by atoms with E-state index in [-0.39, 0.29) is 0 Å². The molecule has 1 saturated carbocycles. The molecule has 0 spiro atoms. The third-order valence-electron chi connectivity index (χ3n) is 2.41. The Morgan fingerprint density at radius 2 is 2.25 bits per heavy atom. The molecule has 2 N–H and O–H groups in total. The van der Waals surface area contributed by atoms with Gasteiger partial charge in [0.25, 0.3) is 0 Å². The van der Waals surface area contributed by atoms with Crippen LogP contribution in [0.1, 0.15) is 23.6 Å². The average molecular weight is 186 g/mol. The van der Waals surface area contributed by atoms with Gasteiger partial charge in [0.15, 0.2) is 0 Å². The maximum absolute atomic E-state index is 6.06. The number of aryl methyl sites for hydroxylation is 2. The summed E-state index contributed by atoms with van der Waals surface area (Å²) in [7, 11) is 1.85. The van der Waals surface area contributed by atoms with Crippen LogP contribution in [0.2, 0.25) is 5.15 Å². The van der Waals surface area contributed by atoms with Crippen molar-refractivity contribution >= 4 is 11.6 Å². The first-order valence-corrected chi connectivity index (χ1v) is 4.43. The largest absolute Gasteiger partial charge is 0.327 e. The highest BCUT2D eigenvalue weighted by molar-refractivity contribution is 6.30. The summed E-state index contributed by atoms with van der Waals surface area (Å²) in [6, 6.07) is 0.297. The number of aromatic nitrogens is 2. The second-order valence-electron chi connectivity index (χ2n) is 3.42. The van der Waals surface area contributed by atoms with Crippen molar-refractivity contribution in [1.82, 2.24) is 9.78 Å². The molecule has 1 fully saturated rings.